The van der Waals surface area contributed by atoms with E-state index in [0.29, 0.717) is 18.4 Å². The highest BCUT2D eigenvalue weighted by atomic mass is 32.2. The van der Waals surface area contributed by atoms with Crippen molar-refractivity contribution in [3.05, 3.63) is 265 Å². The summed E-state index contributed by atoms with van der Waals surface area (Å²) in [6, 6.07) is 2.67. The molecule has 0 aliphatic rings. The van der Waals surface area contributed by atoms with Crippen LogP contribution in [0.1, 0.15) is 214 Å². The third-order valence-electron chi connectivity index (χ3n) is 15.4. The second kappa shape index (κ2) is 43.5. The number of rotatable bonds is 11. The van der Waals surface area contributed by atoms with Crippen LogP contribution in [0.2, 0.25) is 0 Å². The fraction of sp³-hybridized carbons (Fsp3) is 0.360. The maximum atomic E-state index is 13.4. The molecule has 0 bridgehead atoms. The molecule has 0 saturated heterocycles. The van der Waals surface area contributed by atoms with Crippen molar-refractivity contribution in [1.82, 2.24) is 4.98 Å². The third kappa shape index (κ3) is 26.1. The predicted molar refractivity (Wildman–Crippen MR) is 357 cm³/mol. The van der Waals surface area contributed by atoms with Gasteiger partial charge >= 0.3 is 18.2 Å². The average molecular weight is 1820 g/mol. The van der Waals surface area contributed by atoms with Crippen molar-refractivity contribution in [3.63, 3.8) is 0 Å². The summed E-state index contributed by atoms with van der Waals surface area (Å²) in [5.74, 6) is -59.7. The molecule has 7 aromatic carbocycles. The standard InChI is InChI=1S/C10H7F7O.C10H7F7.C10H7F4N.C10H10F4O2S.C9H7F4NO2.C9H8F4.C9H9F3.C8H7F4N/c1-3(2)4-5(11)7(13)9(8(14)6(4)12)18-10(15,16)17;1-3(2)4-6(11)8(13)5(10(15,16)17)9(14)7(4)12;1-4(2)6-9(13)7(11)5(3-15)8(12)10(6)14;1-4(2)5-6(11)8(13)10(17(3,15)16)9(14)7(5)12;1-3(2)4-5(10)7(12)9(14(15)16)8(13)6(4)11;1-4(2)7-8(12)5(10)3-6(11)9(7)13;1-5(2)9-7(11)3-6(10)4-8(9)12;1-3(2)4-5(9)7(11)13-8(12)6(4)10/h3H,1-2H3;3H,1-2H3;4H,1-2H3;4H,1-3H3;3H,1-2H3;3-4H,1-2H3;3-5H,1-2H3;3H,1-2H3. The van der Waals surface area contributed by atoms with E-state index in [1.807, 2.05) is 0 Å². The van der Waals surface area contributed by atoms with Gasteiger partial charge in [-0.25, -0.2) is 118 Å². The first-order valence-corrected chi connectivity index (χ1v) is 35.3. The molecule has 0 radical (unpaired) electrons. The molecule has 8 nitrogen and oxygen atoms in total. The Bertz CT molecular complexity index is 4980. The van der Waals surface area contributed by atoms with E-state index in [1.165, 1.54) is 96.9 Å². The van der Waals surface area contributed by atoms with Gasteiger partial charge in [0.1, 0.15) is 39.5 Å². The van der Waals surface area contributed by atoms with Crippen molar-refractivity contribution in [2.45, 2.75) is 176 Å². The van der Waals surface area contributed by atoms with Crippen LogP contribution < -0.4 is 4.74 Å². The highest BCUT2D eigenvalue weighted by molar-refractivity contribution is 7.90. The Balaban J connectivity index is 0.000000694. The number of sulfone groups is 1. The molecular formula is C75H62F37N3O5S. The molecule has 0 unspecified atom stereocenters. The Kier molecular flexibility index (Phi) is 39.1. The lowest BCUT2D eigenvalue weighted by molar-refractivity contribution is -0.390. The van der Waals surface area contributed by atoms with Crippen LogP contribution in [-0.2, 0) is 16.0 Å². The fourth-order valence-electron chi connectivity index (χ4n) is 9.98. The number of nitro groups is 1. The second-order valence-corrected chi connectivity index (χ2v) is 28.9. The highest BCUT2D eigenvalue weighted by Gasteiger charge is 2.44. The fourth-order valence-corrected chi connectivity index (χ4v) is 10.8. The topological polar surface area (TPSA) is 123 Å². The highest BCUT2D eigenvalue weighted by Crippen LogP contribution is 2.42. The quantitative estimate of drug-likeness (QED) is 0.0415. The van der Waals surface area contributed by atoms with Crippen molar-refractivity contribution >= 4 is 15.5 Å². The van der Waals surface area contributed by atoms with E-state index in [-0.39, 0.29) is 17.5 Å². The first-order valence-electron chi connectivity index (χ1n) is 33.4. The lowest BCUT2D eigenvalue weighted by atomic mass is 9.98. The molecule has 0 atom stereocenters. The van der Waals surface area contributed by atoms with Gasteiger partial charge in [-0.15, -0.1) is 13.2 Å². The molecule has 0 N–H and O–H groups in total. The molecule has 672 valence electrons. The zero-order valence-electron chi connectivity index (χ0n) is 64.6. The number of nitriles is 1. The van der Waals surface area contributed by atoms with E-state index in [9.17, 15) is 181 Å². The number of benzene rings is 7. The van der Waals surface area contributed by atoms with Gasteiger partial charge in [-0.3, -0.25) is 10.1 Å². The molecule has 46 heteroatoms. The van der Waals surface area contributed by atoms with Crippen LogP contribution in [-0.4, -0.2) is 30.9 Å². The van der Waals surface area contributed by atoms with Crippen LogP contribution >= 0.6 is 0 Å². The number of nitro benzene ring substituents is 1. The number of hydrogen-bond donors (Lipinski definition) is 0. The van der Waals surface area contributed by atoms with Crippen LogP contribution in [0.4, 0.5) is 168 Å². The van der Waals surface area contributed by atoms with E-state index >= 15 is 0 Å². The normalized spacial score (nSPS) is 11.4. The van der Waals surface area contributed by atoms with E-state index in [0.717, 1.165) is 6.07 Å². The van der Waals surface area contributed by atoms with Crippen LogP contribution in [0.3, 0.4) is 0 Å². The van der Waals surface area contributed by atoms with Gasteiger partial charge < -0.3 is 4.74 Å². The minimum Gasteiger partial charge on any atom is -0.399 e. The predicted octanol–water partition coefficient (Wildman–Crippen LogP) is 27.3. The van der Waals surface area contributed by atoms with Crippen LogP contribution in [0, 0.1) is 202 Å². The summed E-state index contributed by atoms with van der Waals surface area (Å²) in [5.41, 5.74) is -11.1. The van der Waals surface area contributed by atoms with Crippen molar-refractivity contribution in [3.8, 4) is 11.8 Å². The smallest absolute Gasteiger partial charge is 0.399 e. The molecule has 8 rings (SSSR count). The van der Waals surface area contributed by atoms with E-state index < -0.39 is 316 Å². The first-order chi connectivity index (χ1) is 54.8. The van der Waals surface area contributed by atoms with Gasteiger partial charge in [0.15, 0.2) is 138 Å². The van der Waals surface area contributed by atoms with Gasteiger partial charge in [0, 0.05) is 69.0 Å². The average Bonchev–Trinajstić information content (AvgIpc) is 0.770. The minimum atomic E-state index is -5.49. The zero-order chi connectivity index (χ0) is 95.3. The lowest BCUT2D eigenvalue weighted by Gasteiger charge is -2.15. The summed E-state index contributed by atoms with van der Waals surface area (Å²) in [6.45, 7) is 22.0. The minimum absolute atomic E-state index is 0.0589. The second-order valence-electron chi connectivity index (χ2n) is 26.9. The van der Waals surface area contributed by atoms with Crippen molar-refractivity contribution < 1.29 is 181 Å². The summed E-state index contributed by atoms with van der Waals surface area (Å²) in [5, 5.41) is 18.5. The molecular weight excluding hydrogens is 1760 g/mol. The van der Waals surface area contributed by atoms with E-state index in [1.54, 1.807) is 13.8 Å². The Labute approximate surface area is 662 Å². The summed E-state index contributed by atoms with van der Waals surface area (Å²) >= 11 is 0. The Morgan fingerprint density at radius 1 is 0.339 bits per heavy atom. The SMILES string of the molecule is CC(C)c1c(F)c(F)c(C#N)c(F)c1F.CC(C)c1c(F)c(F)c(C(F)(F)F)c(F)c1F.CC(C)c1c(F)c(F)c(OC(F)(F)F)c(F)c1F.CC(C)c1c(F)c(F)c(S(C)(=O)=O)c(F)c1F.CC(C)c1c(F)c(F)c([N+](=O)[O-])c(F)c1F.CC(C)c1c(F)c(F)cc(F)c1F.CC(C)c1c(F)c(F)nc(F)c1F.CC(C)c1c(F)cc(F)cc1F. The van der Waals surface area contributed by atoms with E-state index in [4.69, 9.17) is 5.26 Å². The summed E-state index contributed by atoms with van der Waals surface area (Å²) in [7, 11) is -4.38. The Hall–Kier alpha value is -10.3. The molecule has 0 amide bonds. The molecule has 0 saturated carbocycles. The van der Waals surface area contributed by atoms with Gasteiger partial charge in [0.05, 0.1) is 4.92 Å². The molecule has 0 aliphatic heterocycles. The van der Waals surface area contributed by atoms with Crippen molar-refractivity contribution in [2.24, 2.45) is 0 Å². The van der Waals surface area contributed by atoms with Crippen LogP contribution in [0.25, 0.3) is 0 Å². The Morgan fingerprint density at radius 2 is 0.579 bits per heavy atom. The number of pyridine rings is 1. The molecule has 1 heterocycles. The molecule has 1 aromatic heterocycles. The zero-order valence-corrected chi connectivity index (χ0v) is 65.4. The summed E-state index contributed by atoms with van der Waals surface area (Å²) in [4.78, 5) is 9.58. The Morgan fingerprint density at radius 3 is 0.818 bits per heavy atom. The molecule has 0 aliphatic carbocycles. The number of alkyl halides is 6. The van der Waals surface area contributed by atoms with E-state index in [2.05, 4.69) is 9.72 Å². The van der Waals surface area contributed by atoms with Gasteiger partial charge in [-0.2, -0.15) is 49.8 Å². The summed E-state index contributed by atoms with van der Waals surface area (Å²) < 4.78 is 501. The number of halogens is 37. The van der Waals surface area contributed by atoms with Crippen LogP contribution in [0.5, 0.6) is 5.75 Å². The maximum Gasteiger partial charge on any atom is 0.573 e. The first kappa shape index (κ1) is 109. The van der Waals surface area contributed by atoms with Crippen molar-refractivity contribution in [2.75, 3.05) is 6.26 Å². The number of hydrogen-bond acceptors (Lipinski definition) is 7. The third-order valence-corrected chi connectivity index (χ3v) is 16.5. The summed E-state index contributed by atoms with van der Waals surface area (Å²) in [6.07, 6.45) is -10.5. The molecule has 8 aromatic rings. The molecule has 121 heavy (non-hydrogen) atoms. The van der Waals surface area contributed by atoms with Crippen molar-refractivity contribution in [1.29, 1.82) is 5.26 Å². The lowest BCUT2D eigenvalue weighted by Crippen LogP contribution is -2.20. The number of aromatic nitrogens is 1. The van der Waals surface area contributed by atoms with Crippen LogP contribution in [0.15, 0.2) is 23.1 Å². The number of ether oxygens (including phenoxy) is 1. The number of nitrogens with zero attached hydrogens (tertiary/aromatic N) is 3. The van der Waals surface area contributed by atoms with Gasteiger partial charge in [0.2, 0.25) is 29.0 Å². The van der Waals surface area contributed by atoms with Gasteiger partial charge in [-0.1, -0.05) is 111 Å². The maximum absolute atomic E-state index is 13.4. The van der Waals surface area contributed by atoms with Gasteiger partial charge in [0.25, 0.3) is 11.9 Å². The largest absolute Gasteiger partial charge is 0.573 e. The monoisotopic (exact) mass is 1820 g/mol. The molecule has 0 fully saturated rings. The molecule has 0 spiro atoms. The van der Waals surface area contributed by atoms with Gasteiger partial charge in [-0.05, 0) is 47.3 Å².